The van der Waals surface area contributed by atoms with Gasteiger partial charge in [-0.25, -0.2) is 4.98 Å². The van der Waals surface area contributed by atoms with Crippen LogP contribution in [-0.2, 0) is 4.79 Å². The third-order valence-electron chi connectivity index (χ3n) is 2.57. The summed E-state index contributed by atoms with van der Waals surface area (Å²) in [6, 6.07) is -0.0120. The molecule has 1 saturated heterocycles. The normalized spacial score (nSPS) is 19.6. The van der Waals surface area contributed by atoms with Crippen LogP contribution in [0.2, 0.25) is 0 Å². The highest BCUT2D eigenvalue weighted by atomic mass is 32.1. The van der Waals surface area contributed by atoms with Gasteiger partial charge >= 0.3 is 0 Å². The second-order valence-electron chi connectivity index (χ2n) is 4.22. The van der Waals surface area contributed by atoms with Crippen LogP contribution in [0.25, 0.3) is 0 Å². The topological polar surface area (TPSA) is 74.3 Å². The fourth-order valence-electron chi connectivity index (χ4n) is 1.86. The van der Waals surface area contributed by atoms with Crippen LogP contribution in [0.1, 0.15) is 24.3 Å². The van der Waals surface area contributed by atoms with Crippen LogP contribution in [0, 0.1) is 0 Å². The van der Waals surface area contributed by atoms with Gasteiger partial charge in [-0.1, -0.05) is 0 Å². The van der Waals surface area contributed by atoms with Crippen molar-refractivity contribution in [3.8, 4) is 0 Å². The number of aromatic nitrogens is 1. The summed E-state index contributed by atoms with van der Waals surface area (Å²) in [6.45, 7) is 5.25. The lowest BCUT2D eigenvalue weighted by atomic mass is 10.2. The van der Waals surface area contributed by atoms with E-state index in [1.165, 1.54) is 16.2 Å². The first-order valence-electron chi connectivity index (χ1n) is 5.88. The minimum atomic E-state index is -0.183. The molecule has 1 aromatic heterocycles. The summed E-state index contributed by atoms with van der Waals surface area (Å²) in [5, 5.41) is 8.29. The minimum absolute atomic E-state index is 0.0120. The molecule has 1 atom stereocenters. The van der Waals surface area contributed by atoms with Crippen molar-refractivity contribution in [3.05, 3.63) is 11.1 Å². The van der Waals surface area contributed by atoms with Crippen molar-refractivity contribution in [2.45, 2.75) is 19.9 Å². The zero-order chi connectivity index (χ0) is 13.1. The first-order valence-corrected chi connectivity index (χ1v) is 6.76. The van der Waals surface area contributed by atoms with E-state index in [0.29, 0.717) is 12.2 Å². The third kappa shape index (κ3) is 2.79. The fraction of sp³-hybridized carbons (Fsp3) is 0.545. The summed E-state index contributed by atoms with van der Waals surface area (Å²) in [7, 11) is 0. The number of nitrogens with one attached hydrogen (secondary N) is 2. The van der Waals surface area contributed by atoms with Crippen molar-refractivity contribution in [3.63, 3.8) is 0 Å². The number of hydrogen-bond acceptors (Lipinski definition) is 5. The van der Waals surface area contributed by atoms with Crippen molar-refractivity contribution < 1.29 is 9.59 Å². The van der Waals surface area contributed by atoms with E-state index in [1.807, 2.05) is 13.8 Å². The standard InChI is InChI=1S/C11H16N4O2S/c1-3-12-11-14-8(6-18-11)10(17)15-4-7(2)13-9(16)5-15/h6-7H,3-5H2,1-2H3,(H,12,14)(H,13,16). The highest BCUT2D eigenvalue weighted by Crippen LogP contribution is 2.17. The molecule has 1 fully saturated rings. The largest absolute Gasteiger partial charge is 0.362 e. The van der Waals surface area contributed by atoms with Gasteiger partial charge in [0.05, 0.1) is 6.54 Å². The van der Waals surface area contributed by atoms with Gasteiger partial charge in [0, 0.05) is 24.5 Å². The van der Waals surface area contributed by atoms with Crippen LogP contribution < -0.4 is 10.6 Å². The predicted octanol–water partition coefficient (Wildman–Crippen LogP) is 0.535. The zero-order valence-electron chi connectivity index (χ0n) is 10.4. The summed E-state index contributed by atoms with van der Waals surface area (Å²) in [6.07, 6.45) is 0. The Kier molecular flexibility index (Phi) is 3.81. The van der Waals surface area contributed by atoms with Crippen LogP contribution in [0.3, 0.4) is 0 Å². The number of carbonyl (C=O) groups is 2. The molecule has 98 valence electrons. The van der Waals surface area contributed by atoms with Gasteiger partial charge in [-0.15, -0.1) is 11.3 Å². The van der Waals surface area contributed by atoms with Gasteiger partial charge in [-0.3, -0.25) is 9.59 Å². The summed E-state index contributed by atoms with van der Waals surface area (Å²) in [4.78, 5) is 29.3. The van der Waals surface area contributed by atoms with Gasteiger partial charge in [0.2, 0.25) is 5.91 Å². The molecule has 1 aliphatic heterocycles. The maximum absolute atomic E-state index is 12.2. The Morgan fingerprint density at radius 3 is 3.17 bits per heavy atom. The SMILES string of the molecule is CCNc1nc(C(=O)N2CC(=O)NC(C)C2)cs1. The van der Waals surface area contributed by atoms with Crippen molar-refractivity contribution in [1.29, 1.82) is 0 Å². The second kappa shape index (κ2) is 5.34. The number of thiazole rings is 1. The van der Waals surface area contributed by atoms with E-state index in [9.17, 15) is 9.59 Å². The van der Waals surface area contributed by atoms with E-state index in [4.69, 9.17) is 0 Å². The Labute approximate surface area is 109 Å². The summed E-state index contributed by atoms with van der Waals surface area (Å²) >= 11 is 1.40. The van der Waals surface area contributed by atoms with E-state index in [2.05, 4.69) is 15.6 Å². The van der Waals surface area contributed by atoms with Crippen LogP contribution in [-0.4, -0.2) is 47.4 Å². The van der Waals surface area contributed by atoms with Crippen LogP contribution in [0.5, 0.6) is 0 Å². The Morgan fingerprint density at radius 2 is 2.50 bits per heavy atom. The maximum Gasteiger partial charge on any atom is 0.273 e. The number of carbonyl (C=O) groups excluding carboxylic acids is 2. The van der Waals surface area contributed by atoms with E-state index in [0.717, 1.165) is 11.7 Å². The highest BCUT2D eigenvalue weighted by Gasteiger charge is 2.27. The average Bonchev–Trinajstić information content (AvgIpc) is 2.76. The van der Waals surface area contributed by atoms with Crippen molar-refractivity contribution >= 4 is 28.3 Å². The van der Waals surface area contributed by atoms with Crippen LogP contribution in [0.4, 0.5) is 5.13 Å². The number of anilines is 1. The monoisotopic (exact) mass is 268 g/mol. The number of amides is 2. The minimum Gasteiger partial charge on any atom is -0.362 e. The number of piperazine rings is 1. The van der Waals surface area contributed by atoms with E-state index >= 15 is 0 Å². The Morgan fingerprint density at radius 1 is 1.72 bits per heavy atom. The number of hydrogen-bond donors (Lipinski definition) is 2. The molecule has 0 aliphatic carbocycles. The highest BCUT2D eigenvalue weighted by molar-refractivity contribution is 7.13. The van der Waals surface area contributed by atoms with Gasteiger partial charge in [-0.05, 0) is 13.8 Å². The van der Waals surface area contributed by atoms with Gasteiger partial charge in [0.15, 0.2) is 5.13 Å². The molecule has 0 radical (unpaired) electrons. The van der Waals surface area contributed by atoms with Gasteiger partial charge in [0.25, 0.3) is 5.91 Å². The lowest BCUT2D eigenvalue weighted by Gasteiger charge is -2.30. The van der Waals surface area contributed by atoms with Gasteiger partial charge < -0.3 is 15.5 Å². The first kappa shape index (κ1) is 12.8. The Hall–Kier alpha value is -1.63. The molecular weight excluding hydrogens is 252 g/mol. The fourth-order valence-corrected chi connectivity index (χ4v) is 2.61. The Balaban J connectivity index is 2.07. The summed E-state index contributed by atoms with van der Waals surface area (Å²) in [5.74, 6) is -0.304. The molecule has 2 amide bonds. The molecule has 0 saturated carbocycles. The lowest BCUT2D eigenvalue weighted by Crippen LogP contribution is -2.54. The van der Waals surface area contributed by atoms with E-state index in [1.54, 1.807) is 5.38 Å². The molecule has 6 nitrogen and oxygen atoms in total. The molecule has 1 aromatic rings. The van der Waals surface area contributed by atoms with Crippen molar-refractivity contribution in [2.24, 2.45) is 0 Å². The molecule has 2 rings (SSSR count). The lowest BCUT2D eigenvalue weighted by molar-refractivity contribution is -0.124. The molecule has 0 aromatic carbocycles. The van der Waals surface area contributed by atoms with E-state index < -0.39 is 0 Å². The molecule has 1 aliphatic rings. The third-order valence-corrected chi connectivity index (χ3v) is 3.37. The molecule has 0 bridgehead atoms. The van der Waals surface area contributed by atoms with Crippen LogP contribution in [0.15, 0.2) is 5.38 Å². The van der Waals surface area contributed by atoms with Crippen LogP contribution >= 0.6 is 11.3 Å². The molecule has 0 spiro atoms. The van der Waals surface area contributed by atoms with E-state index in [-0.39, 0.29) is 24.4 Å². The summed E-state index contributed by atoms with van der Waals surface area (Å²) < 4.78 is 0. The Bertz CT molecular complexity index is 460. The zero-order valence-corrected chi connectivity index (χ0v) is 11.2. The molecular formula is C11H16N4O2S. The molecule has 18 heavy (non-hydrogen) atoms. The second-order valence-corrected chi connectivity index (χ2v) is 5.08. The summed E-state index contributed by atoms with van der Waals surface area (Å²) in [5.41, 5.74) is 0.401. The first-order chi connectivity index (χ1) is 8.60. The molecule has 2 N–H and O–H groups in total. The molecule has 2 heterocycles. The molecule has 1 unspecified atom stereocenters. The number of nitrogens with zero attached hydrogens (tertiary/aromatic N) is 2. The smallest absolute Gasteiger partial charge is 0.273 e. The predicted molar refractivity (Wildman–Crippen MR) is 69.8 cm³/mol. The maximum atomic E-state index is 12.2. The van der Waals surface area contributed by atoms with Gasteiger partial charge in [0.1, 0.15) is 5.69 Å². The number of rotatable bonds is 3. The van der Waals surface area contributed by atoms with Gasteiger partial charge in [-0.2, -0.15) is 0 Å². The average molecular weight is 268 g/mol. The quantitative estimate of drug-likeness (QED) is 0.839. The van der Waals surface area contributed by atoms with Crippen molar-refractivity contribution in [1.82, 2.24) is 15.2 Å². The van der Waals surface area contributed by atoms with Crippen molar-refractivity contribution in [2.75, 3.05) is 25.0 Å². The molecule has 7 heteroatoms.